The van der Waals surface area contributed by atoms with Gasteiger partial charge in [-0.25, -0.2) is 9.97 Å². The van der Waals surface area contributed by atoms with Crippen LogP contribution in [-0.4, -0.2) is 88.0 Å². The number of carbonyl (C=O) groups is 2. The first-order chi connectivity index (χ1) is 19.6. The van der Waals surface area contributed by atoms with Crippen molar-refractivity contribution < 1.29 is 9.59 Å². The quantitative estimate of drug-likeness (QED) is 0.255. The summed E-state index contributed by atoms with van der Waals surface area (Å²) >= 11 is 3.10. The lowest BCUT2D eigenvalue weighted by atomic mass is 9.97. The van der Waals surface area contributed by atoms with Crippen molar-refractivity contribution in [3.63, 3.8) is 0 Å². The Bertz CT molecular complexity index is 1330. The molecule has 0 N–H and O–H groups in total. The predicted molar refractivity (Wildman–Crippen MR) is 163 cm³/mol. The fourth-order valence-corrected chi connectivity index (χ4v) is 6.76. The maximum absolute atomic E-state index is 13.2. The molecule has 5 rings (SSSR count). The summed E-state index contributed by atoms with van der Waals surface area (Å²) < 4.78 is 0. The highest BCUT2D eigenvalue weighted by atomic mass is 32.2. The molecule has 1 aromatic carbocycles. The maximum atomic E-state index is 13.2. The molecule has 3 aromatic rings. The van der Waals surface area contributed by atoms with Crippen LogP contribution in [0.1, 0.15) is 50.2 Å². The van der Waals surface area contributed by atoms with E-state index in [-0.39, 0.29) is 17.7 Å². The van der Waals surface area contributed by atoms with Crippen LogP contribution in [0, 0.1) is 0 Å². The molecular weight excluding hydrogens is 539 g/mol. The summed E-state index contributed by atoms with van der Waals surface area (Å²) in [5.74, 6) is 1.04. The van der Waals surface area contributed by atoms with Gasteiger partial charge in [-0.15, -0.1) is 29.7 Å². The Morgan fingerprint density at radius 3 is 2.48 bits per heavy atom. The van der Waals surface area contributed by atoms with E-state index in [1.165, 1.54) is 17.3 Å². The second-order valence-electron chi connectivity index (χ2n) is 10.00. The predicted octanol–water partition coefficient (Wildman–Crippen LogP) is 5.31. The van der Waals surface area contributed by atoms with Crippen LogP contribution in [0.15, 0.2) is 77.8 Å². The number of carbonyl (C=O) groups excluding carboxylic acids is 2. The van der Waals surface area contributed by atoms with Crippen molar-refractivity contribution in [1.82, 2.24) is 24.7 Å². The van der Waals surface area contributed by atoms with Gasteiger partial charge in [0.25, 0.3) is 11.8 Å². The summed E-state index contributed by atoms with van der Waals surface area (Å²) in [5.41, 5.74) is 2.41. The van der Waals surface area contributed by atoms with Gasteiger partial charge in [-0.2, -0.15) is 0 Å². The molecule has 0 unspecified atom stereocenters. The van der Waals surface area contributed by atoms with E-state index in [1.54, 1.807) is 17.5 Å². The number of pyridine rings is 1. The van der Waals surface area contributed by atoms with Crippen molar-refractivity contribution in [3.8, 4) is 0 Å². The minimum Gasteiger partial charge on any atom is -0.339 e. The molecule has 0 saturated carbocycles. The molecule has 0 radical (unpaired) electrons. The second-order valence-corrected chi connectivity index (χ2v) is 11.9. The van der Waals surface area contributed by atoms with Crippen molar-refractivity contribution in [2.75, 3.05) is 51.6 Å². The zero-order chi connectivity index (χ0) is 27.7. The smallest absolute Gasteiger partial charge is 0.273 e. The van der Waals surface area contributed by atoms with Crippen LogP contribution in [0.4, 0.5) is 0 Å². The Balaban J connectivity index is 1.09. The first-order valence-corrected chi connectivity index (χ1v) is 15.7. The number of rotatable bonds is 9. The van der Waals surface area contributed by atoms with Gasteiger partial charge in [-0.05, 0) is 30.5 Å². The van der Waals surface area contributed by atoms with Crippen LogP contribution in [0.5, 0.6) is 0 Å². The molecule has 0 bridgehead atoms. The van der Waals surface area contributed by atoms with Gasteiger partial charge in [0, 0.05) is 69.1 Å². The van der Waals surface area contributed by atoms with Crippen molar-refractivity contribution >= 4 is 41.0 Å². The number of piperazine rings is 1. The van der Waals surface area contributed by atoms with Gasteiger partial charge in [0.2, 0.25) is 0 Å². The second kappa shape index (κ2) is 13.9. The molecule has 2 aliphatic rings. The summed E-state index contributed by atoms with van der Waals surface area (Å²) in [6.07, 6.45) is 9.57. The van der Waals surface area contributed by atoms with Gasteiger partial charge < -0.3 is 9.80 Å². The Morgan fingerprint density at radius 1 is 0.975 bits per heavy atom. The molecule has 2 saturated heterocycles. The standard InChI is InChI=1S/C31H35N5O2S2/c1-2-22-39-29-26(11-6-14-32-29)30(37)35-16-12-25(13-17-35)28-33-27(23-40-28)31(38)36-20-18-34(19-21-36)15-7-10-24-8-4-3-5-9-24/h2-11,14,23,25H,1,12-13,15-22H2. The van der Waals surface area contributed by atoms with Gasteiger partial charge in [0.1, 0.15) is 10.7 Å². The van der Waals surface area contributed by atoms with Crippen LogP contribution in [0.2, 0.25) is 0 Å². The molecule has 2 aliphatic heterocycles. The lowest BCUT2D eigenvalue weighted by Gasteiger charge is -2.33. The largest absolute Gasteiger partial charge is 0.339 e. The first kappa shape index (κ1) is 28.3. The summed E-state index contributed by atoms with van der Waals surface area (Å²) in [6.45, 7) is 9.14. The fraction of sp³-hybridized carbons (Fsp3) is 0.355. The monoisotopic (exact) mass is 573 g/mol. The van der Waals surface area contributed by atoms with Crippen molar-refractivity contribution in [2.45, 2.75) is 23.8 Å². The summed E-state index contributed by atoms with van der Waals surface area (Å²) in [6, 6.07) is 14.0. The highest BCUT2D eigenvalue weighted by Gasteiger charge is 2.29. The van der Waals surface area contributed by atoms with E-state index in [0.29, 0.717) is 43.2 Å². The third-order valence-electron chi connectivity index (χ3n) is 7.34. The molecule has 0 atom stereocenters. The average molecular weight is 574 g/mol. The Morgan fingerprint density at radius 2 is 1.73 bits per heavy atom. The van der Waals surface area contributed by atoms with Gasteiger partial charge in [-0.1, -0.05) is 48.6 Å². The number of thioether (sulfide) groups is 1. The normalized spacial score (nSPS) is 16.9. The number of aromatic nitrogens is 2. The molecule has 4 heterocycles. The molecular formula is C31H35N5O2S2. The van der Waals surface area contributed by atoms with Crippen LogP contribution < -0.4 is 0 Å². The molecule has 7 nitrogen and oxygen atoms in total. The molecule has 0 spiro atoms. The van der Waals surface area contributed by atoms with E-state index in [0.717, 1.165) is 42.5 Å². The Hall–Kier alpha value is -3.27. The average Bonchev–Trinajstić information content (AvgIpc) is 3.51. The zero-order valence-corrected chi connectivity index (χ0v) is 24.3. The number of benzene rings is 1. The van der Waals surface area contributed by atoms with E-state index in [1.807, 2.05) is 51.6 Å². The van der Waals surface area contributed by atoms with Gasteiger partial charge >= 0.3 is 0 Å². The lowest BCUT2D eigenvalue weighted by molar-refractivity contribution is 0.0645. The highest BCUT2D eigenvalue weighted by molar-refractivity contribution is 7.99. The number of likely N-dealkylation sites (tertiary alicyclic amines) is 1. The number of hydrogen-bond donors (Lipinski definition) is 0. The molecule has 2 fully saturated rings. The Kier molecular flexibility index (Phi) is 9.81. The molecule has 40 heavy (non-hydrogen) atoms. The minimum atomic E-state index is 0.0238. The molecule has 2 aromatic heterocycles. The summed E-state index contributed by atoms with van der Waals surface area (Å²) in [5, 5.41) is 3.66. The summed E-state index contributed by atoms with van der Waals surface area (Å²) in [7, 11) is 0. The summed E-state index contributed by atoms with van der Waals surface area (Å²) in [4.78, 5) is 41.8. The highest BCUT2D eigenvalue weighted by Crippen LogP contribution is 2.32. The number of nitrogens with zero attached hydrogens (tertiary/aromatic N) is 5. The minimum absolute atomic E-state index is 0.0238. The molecule has 208 valence electrons. The number of amides is 2. The number of piperidine rings is 1. The first-order valence-electron chi connectivity index (χ1n) is 13.8. The van der Waals surface area contributed by atoms with E-state index in [9.17, 15) is 9.59 Å². The SMILES string of the molecule is C=CCSc1ncccc1C(=O)N1CCC(c2nc(C(=O)N3CCN(CC=Cc4ccccc4)CC3)cs2)CC1. The van der Waals surface area contributed by atoms with E-state index in [4.69, 9.17) is 4.98 Å². The van der Waals surface area contributed by atoms with Crippen LogP contribution in [-0.2, 0) is 0 Å². The number of thiazole rings is 1. The fourth-order valence-electron chi connectivity index (χ4n) is 5.08. The Labute approximate surface area is 244 Å². The van der Waals surface area contributed by atoms with Crippen molar-refractivity contribution in [1.29, 1.82) is 0 Å². The topological polar surface area (TPSA) is 69.6 Å². The van der Waals surface area contributed by atoms with Crippen LogP contribution in [0.3, 0.4) is 0 Å². The van der Waals surface area contributed by atoms with Gasteiger partial charge in [0.05, 0.1) is 10.6 Å². The molecule has 2 amide bonds. The third kappa shape index (κ3) is 7.08. The maximum Gasteiger partial charge on any atom is 0.273 e. The molecule has 0 aliphatic carbocycles. The zero-order valence-electron chi connectivity index (χ0n) is 22.7. The van der Waals surface area contributed by atoms with E-state index < -0.39 is 0 Å². The van der Waals surface area contributed by atoms with Crippen LogP contribution >= 0.6 is 23.1 Å². The van der Waals surface area contributed by atoms with E-state index >= 15 is 0 Å². The van der Waals surface area contributed by atoms with Crippen molar-refractivity contribution in [3.05, 3.63) is 94.6 Å². The van der Waals surface area contributed by atoms with Crippen molar-refractivity contribution in [2.24, 2.45) is 0 Å². The molecule has 9 heteroatoms. The third-order valence-corrected chi connectivity index (χ3v) is 9.35. The number of hydrogen-bond acceptors (Lipinski definition) is 7. The van der Waals surface area contributed by atoms with E-state index in [2.05, 4.69) is 40.7 Å². The van der Waals surface area contributed by atoms with Gasteiger partial charge in [0.15, 0.2) is 0 Å². The van der Waals surface area contributed by atoms with Gasteiger partial charge in [-0.3, -0.25) is 14.5 Å². The lowest BCUT2D eigenvalue weighted by Crippen LogP contribution is -2.48. The van der Waals surface area contributed by atoms with Crippen LogP contribution in [0.25, 0.3) is 6.08 Å².